The summed E-state index contributed by atoms with van der Waals surface area (Å²) in [5.74, 6) is 0. The molecule has 0 saturated carbocycles. The average Bonchev–Trinajstić information content (AvgIpc) is 2.58. The second-order valence-corrected chi connectivity index (χ2v) is 5.53. The molecular formula is C16H26N2. The van der Waals surface area contributed by atoms with Crippen molar-refractivity contribution in [3.8, 4) is 0 Å². The molecule has 0 spiro atoms. The van der Waals surface area contributed by atoms with E-state index in [9.17, 15) is 0 Å². The fourth-order valence-electron chi connectivity index (χ4n) is 2.82. The highest BCUT2D eigenvalue weighted by molar-refractivity contribution is 5.55. The van der Waals surface area contributed by atoms with Gasteiger partial charge in [0.25, 0.3) is 0 Å². The van der Waals surface area contributed by atoms with E-state index in [1.807, 2.05) is 0 Å². The van der Waals surface area contributed by atoms with E-state index in [4.69, 9.17) is 0 Å². The minimum Gasteiger partial charge on any atom is -0.370 e. The molecule has 1 aliphatic heterocycles. The highest BCUT2D eigenvalue weighted by Gasteiger charge is 2.18. The second kappa shape index (κ2) is 6.24. The maximum atomic E-state index is 3.67. The van der Waals surface area contributed by atoms with Crippen LogP contribution in [-0.4, -0.2) is 25.7 Å². The van der Waals surface area contributed by atoms with E-state index in [2.05, 4.69) is 49.2 Å². The van der Waals surface area contributed by atoms with Crippen LogP contribution in [0.25, 0.3) is 0 Å². The van der Waals surface area contributed by atoms with Gasteiger partial charge in [0.05, 0.1) is 0 Å². The van der Waals surface area contributed by atoms with Crippen molar-refractivity contribution in [2.45, 2.75) is 46.1 Å². The Labute approximate surface area is 111 Å². The summed E-state index contributed by atoms with van der Waals surface area (Å²) in [4.78, 5) is 2.57. The molecule has 1 saturated heterocycles. The number of anilines is 1. The molecule has 1 unspecified atom stereocenters. The van der Waals surface area contributed by atoms with Crippen molar-refractivity contribution in [1.82, 2.24) is 5.32 Å². The Balaban J connectivity index is 2.16. The molecule has 1 aromatic rings. The summed E-state index contributed by atoms with van der Waals surface area (Å²) in [5, 5.41) is 3.67. The van der Waals surface area contributed by atoms with E-state index in [1.54, 1.807) is 0 Å². The lowest BCUT2D eigenvalue weighted by Crippen LogP contribution is -2.37. The number of nitrogens with zero attached hydrogens (tertiary/aromatic N) is 1. The summed E-state index contributed by atoms with van der Waals surface area (Å²) in [6.07, 6.45) is 3.78. The molecule has 2 rings (SSSR count). The monoisotopic (exact) mass is 246 g/mol. The first kappa shape index (κ1) is 13.4. The number of benzene rings is 1. The molecule has 0 aromatic heterocycles. The van der Waals surface area contributed by atoms with Gasteiger partial charge in [-0.25, -0.2) is 0 Å². The molecule has 2 nitrogen and oxygen atoms in total. The van der Waals surface area contributed by atoms with Crippen LogP contribution in [0.2, 0.25) is 0 Å². The Morgan fingerprint density at radius 2 is 2.17 bits per heavy atom. The minimum absolute atomic E-state index is 0.650. The predicted molar refractivity (Wildman–Crippen MR) is 79.4 cm³/mol. The van der Waals surface area contributed by atoms with Crippen LogP contribution in [0.4, 0.5) is 5.69 Å². The zero-order valence-electron chi connectivity index (χ0n) is 12.0. The zero-order chi connectivity index (χ0) is 13.0. The molecule has 18 heavy (non-hydrogen) atoms. The van der Waals surface area contributed by atoms with Crippen LogP contribution in [0.1, 0.15) is 37.3 Å². The van der Waals surface area contributed by atoms with Crippen LogP contribution in [0, 0.1) is 13.8 Å². The summed E-state index contributed by atoms with van der Waals surface area (Å²) in [5.41, 5.74) is 4.19. The lowest BCUT2D eigenvalue weighted by Gasteiger charge is -2.28. The topological polar surface area (TPSA) is 15.3 Å². The Morgan fingerprint density at radius 1 is 1.33 bits per heavy atom. The third kappa shape index (κ3) is 3.26. The van der Waals surface area contributed by atoms with Gasteiger partial charge in [-0.2, -0.15) is 0 Å². The van der Waals surface area contributed by atoms with Crippen LogP contribution in [0.3, 0.4) is 0 Å². The predicted octanol–water partition coefficient (Wildman–Crippen LogP) is 3.27. The number of aryl methyl sites for hydroxylation is 2. The van der Waals surface area contributed by atoms with Crippen molar-refractivity contribution in [3.63, 3.8) is 0 Å². The fraction of sp³-hybridized carbons (Fsp3) is 0.625. The van der Waals surface area contributed by atoms with Crippen molar-refractivity contribution in [2.24, 2.45) is 0 Å². The van der Waals surface area contributed by atoms with Gasteiger partial charge in [0.1, 0.15) is 0 Å². The van der Waals surface area contributed by atoms with Crippen molar-refractivity contribution in [3.05, 3.63) is 29.3 Å². The van der Waals surface area contributed by atoms with Gasteiger partial charge >= 0.3 is 0 Å². The van der Waals surface area contributed by atoms with E-state index < -0.39 is 0 Å². The number of hydrogen-bond acceptors (Lipinski definition) is 2. The summed E-state index contributed by atoms with van der Waals surface area (Å²) in [6.45, 7) is 10.2. The maximum absolute atomic E-state index is 3.67. The highest BCUT2D eigenvalue weighted by Crippen LogP contribution is 2.23. The van der Waals surface area contributed by atoms with Gasteiger partial charge in [-0.15, -0.1) is 0 Å². The molecule has 1 aliphatic rings. The van der Waals surface area contributed by atoms with Gasteiger partial charge < -0.3 is 10.2 Å². The average molecular weight is 246 g/mol. The second-order valence-electron chi connectivity index (χ2n) is 5.53. The molecule has 1 aromatic carbocycles. The van der Waals surface area contributed by atoms with Crippen LogP contribution in [0.5, 0.6) is 0 Å². The van der Waals surface area contributed by atoms with Gasteiger partial charge in [0.15, 0.2) is 0 Å². The molecule has 0 radical (unpaired) electrons. The molecular weight excluding hydrogens is 220 g/mol. The Kier molecular flexibility index (Phi) is 4.65. The Hall–Kier alpha value is -1.02. The van der Waals surface area contributed by atoms with Gasteiger partial charge in [0.2, 0.25) is 0 Å². The summed E-state index contributed by atoms with van der Waals surface area (Å²) in [7, 11) is 0. The number of rotatable bonds is 3. The van der Waals surface area contributed by atoms with Crippen molar-refractivity contribution >= 4 is 5.69 Å². The number of hydrogen-bond donors (Lipinski definition) is 1. The number of nitrogens with one attached hydrogen (secondary N) is 1. The first-order chi connectivity index (χ1) is 8.70. The molecule has 0 bridgehead atoms. The highest BCUT2D eigenvalue weighted by atomic mass is 15.2. The molecule has 100 valence electrons. The molecule has 0 amide bonds. The zero-order valence-corrected chi connectivity index (χ0v) is 12.0. The van der Waals surface area contributed by atoms with Crippen LogP contribution in [-0.2, 0) is 0 Å². The maximum Gasteiger partial charge on any atom is 0.0399 e. The molecule has 1 fully saturated rings. The van der Waals surface area contributed by atoms with Gasteiger partial charge in [-0.1, -0.05) is 25.5 Å². The minimum atomic E-state index is 0.650. The summed E-state index contributed by atoms with van der Waals surface area (Å²) >= 11 is 0. The third-order valence-corrected chi connectivity index (χ3v) is 3.82. The first-order valence-corrected chi connectivity index (χ1v) is 7.26. The van der Waals surface area contributed by atoms with Gasteiger partial charge in [0, 0.05) is 24.8 Å². The molecule has 1 N–H and O–H groups in total. The van der Waals surface area contributed by atoms with Crippen LogP contribution in [0.15, 0.2) is 18.2 Å². The SMILES string of the molecule is CCCC1CN(c2cc(C)ccc2C)CCCN1. The standard InChI is InChI=1S/C16H26N2/c1-4-6-15-12-18(10-5-9-17-15)16-11-13(2)7-8-14(16)3/h7-8,11,15,17H,4-6,9-10,12H2,1-3H3. The van der Waals surface area contributed by atoms with E-state index in [0.717, 1.165) is 13.1 Å². The summed E-state index contributed by atoms with van der Waals surface area (Å²) in [6, 6.07) is 7.44. The molecule has 2 heteroatoms. The van der Waals surface area contributed by atoms with E-state index >= 15 is 0 Å². The van der Waals surface area contributed by atoms with E-state index in [0.29, 0.717) is 6.04 Å². The van der Waals surface area contributed by atoms with Gasteiger partial charge in [-0.05, 0) is 50.4 Å². The lowest BCUT2D eigenvalue weighted by atomic mass is 10.1. The quantitative estimate of drug-likeness (QED) is 0.880. The fourth-order valence-corrected chi connectivity index (χ4v) is 2.82. The summed E-state index contributed by atoms with van der Waals surface area (Å²) < 4.78 is 0. The first-order valence-electron chi connectivity index (χ1n) is 7.26. The van der Waals surface area contributed by atoms with Crippen molar-refractivity contribution in [2.75, 3.05) is 24.5 Å². The Bertz CT molecular complexity index is 387. The largest absolute Gasteiger partial charge is 0.370 e. The normalized spacial score (nSPS) is 20.8. The lowest BCUT2D eigenvalue weighted by molar-refractivity contribution is 0.502. The Morgan fingerprint density at radius 3 is 2.94 bits per heavy atom. The van der Waals surface area contributed by atoms with Gasteiger partial charge in [-0.3, -0.25) is 0 Å². The molecule has 0 aliphatic carbocycles. The molecule has 1 heterocycles. The van der Waals surface area contributed by atoms with Crippen molar-refractivity contribution in [1.29, 1.82) is 0 Å². The van der Waals surface area contributed by atoms with E-state index in [-0.39, 0.29) is 0 Å². The van der Waals surface area contributed by atoms with Crippen molar-refractivity contribution < 1.29 is 0 Å². The van der Waals surface area contributed by atoms with Crippen LogP contribution < -0.4 is 10.2 Å². The third-order valence-electron chi connectivity index (χ3n) is 3.82. The molecule has 1 atom stereocenters. The van der Waals surface area contributed by atoms with E-state index in [1.165, 1.54) is 42.6 Å². The smallest absolute Gasteiger partial charge is 0.0399 e. The van der Waals surface area contributed by atoms with Crippen LogP contribution >= 0.6 is 0 Å².